The minimum atomic E-state index is -0.547. The van der Waals surface area contributed by atoms with Crippen molar-refractivity contribution in [1.29, 1.82) is 0 Å². The van der Waals surface area contributed by atoms with E-state index in [0.29, 0.717) is 12.3 Å². The monoisotopic (exact) mass is 331 g/mol. The van der Waals surface area contributed by atoms with Crippen molar-refractivity contribution in [3.05, 3.63) is 46.9 Å². The Hall–Kier alpha value is -2.38. The molecule has 2 heterocycles. The first-order valence-corrected chi connectivity index (χ1v) is 8.04. The lowest BCUT2D eigenvalue weighted by Crippen LogP contribution is -2.30. The van der Waals surface area contributed by atoms with Crippen LogP contribution in [-0.2, 0) is 14.3 Å². The SMILES string of the molecule is CC(OCC1CCCO1)C(=O)Nc1ccc(-n2ccc(=O)[nH]2)cc1. The van der Waals surface area contributed by atoms with Crippen LogP contribution in [0.15, 0.2) is 41.3 Å². The van der Waals surface area contributed by atoms with Gasteiger partial charge in [0.15, 0.2) is 0 Å². The summed E-state index contributed by atoms with van der Waals surface area (Å²) in [6.45, 7) is 2.94. The van der Waals surface area contributed by atoms with Crippen molar-refractivity contribution < 1.29 is 14.3 Å². The lowest BCUT2D eigenvalue weighted by Gasteiger charge is -2.16. The highest BCUT2D eigenvalue weighted by molar-refractivity contribution is 5.93. The third-order valence-electron chi connectivity index (χ3n) is 3.94. The van der Waals surface area contributed by atoms with E-state index >= 15 is 0 Å². The Bertz CT molecular complexity index is 729. The number of hydrogen-bond acceptors (Lipinski definition) is 4. The molecule has 7 heteroatoms. The second-order valence-electron chi connectivity index (χ2n) is 5.81. The average molecular weight is 331 g/mol. The quantitative estimate of drug-likeness (QED) is 0.843. The Kier molecular flexibility index (Phi) is 5.12. The number of benzene rings is 1. The number of hydrogen-bond donors (Lipinski definition) is 2. The summed E-state index contributed by atoms with van der Waals surface area (Å²) in [5, 5.41) is 5.47. The molecule has 0 aliphatic carbocycles. The van der Waals surface area contributed by atoms with Gasteiger partial charge in [0, 0.05) is 24.6 Å². The van der Waals surface area contributed by atoms with Crippen molar-refractivity contribution in [2.45, 2.75) is 32.0 Å². The van der Waals surface area contributed by atoms with E-state index in [1.807, 2.05) is 12.1 Å². The van der Waals surface area contributed by atoms with Crippen molar-refractivity contribution >= 4 is 11.6 Å². The Balaban J connectivity index is 1.52. The first kappa shape index (κ1) is 16.5. The number of nitrogens with zero attached hydrogens (tertiary/aromatic N) is 1. The summed E-state index contributed by atoms with van der Waals surface area (Å²) in [5.41, 5.74) is 1.31. The van der Waals surface area contributed by atoms with Gasteiger partial charge in [0.25, 0.3) is 11.5 Å². The smallest absolute Gasteiger partial charge is 0.264 e. The second-order valence-corrected chi connectivity index (χ2v) is 5.81. The number of anilines is 1. The number of aromatic amines is 1. The first-order valence-electron chi connectivity index (χ1n) is 8.04. The molecule has 1 aromatic heterocycles. The number of carbonyl (C=O) groups is 1. The second kappa shape index (κ2) is 7.46. The zero-order chi connectivity index (χ0) is 16.9. The van der Waals surface area contributed by atoms with E-state index in [2.05, 4.69) is 10.4 Å². The topological polar surface area (TPSA) is 85.3 Å². The molecule has 7 nitrogen and oxygen atoms in total. The van der Waals surface area contributed by atoms with Gasteiger partial charge in [-0.05, 0) is 44.0 Å². The van der Waals surface area contributed by atoms with Gasteiger partial charge in [-0.25, -0.2) is 0 Å². The van der Waals surface area contributed by atoms with Gasteiger partial charge in [0.1, 0.15) is 6.10 Å². The summed E-state index contributed by atoms with van der Waals surface area (Å²) in [4.78, 5) is 23.3. The van der Waals surface area contributed by atoms with Crippen LogP contribution in [0, 0.1) is 0 Å². The maximum absolute atomic E-state index is 12.1. The molecule has 0 radical (unpaired) electrons. The molecule has 24 heavy (non-hydrogen) atoms. The van der Waals surface area contributed by atoms with Crippen molar-refractivity contribution in [3.8, 4) is 5.69 Å². The fraction of sp³-hybridized carbons (Fsp3) is 0.412. The Morgan fingerprint density at radius 2 is 2.21 bits per heavy atom. The number of rotatable bonds is 6. The summed E-state index contributed by atoms with van der Waals surface area (Å²) in [6, 6.07) is 8.62. The minimum absolute atomic E-state index is 0.100. The van der Waals surface area contributed by atoms with Crippen LogP contribution >= 0.6 is 0 Å². The largest absolute Gasteiger partial charge is 0.376 e. The zero-order valence-corrected chi connectivity index (χ0v) is 13.5. The molecular weight excluding hydrogens is 310 g/mol. The van der Waals surface area contributed by atoms with Gasteiger partial charge in [-0.3, -0.25) is 19.4 Å². The normalized spacial score (nSPS) is 18.5. The first-order chi connectivity index (χ1) is 11.6. The Morgan fingerprint density at radius 1 is 1.42 bits per heavy atom. The maximum atomic E-state index is 12.1. The molecule has 0 bridgehead atoms. The highest BCUT2D eigenvalue weighted by Crippen LogP contribution is 2.15. The summed E-state index contributed by atoms with van der Waals surface area (Å²) in [7, 11) is 0. The maximum Gasteiger partial charge on any atom is 0.264 e. The lowest BCUT2D eigenvalue weighted by atomic mass is 10.2. The molecule has 128 valence electrons. The fourth-order valence-electron chi connectivity index (χ4n) is 2.54. The molecule has 0 saturated carbocycles. The third kappa shape index (κ3) is 4.12. The number of aromatic nitrogens is 2. The highest BCUT2D eigenvalue weighted by atomic mass is 16.5. The Labute approximate surface area is 139 Å². The van der Waals surface area contributed by atoms with Crippen LogP contribution in [-0.4, -0.2) is 41.1 Å². The fourth-order valence-corrected chi connectivity index (χ4v) is 2.54. The number of carbonyl (C=O) groups excluding carboxylic acids is 1. The van der Waals surface area contributed by atoms with Crippen LogP contribution < -0.4 is 10.9 Å². The van der Waals surface area contributed by atoms with Crippen molar-refractivity contribution in [1.82, 2.24) is 9.78 Å². The predicted octanol–water partition coefficient (Wildman–Crippen LogP) is 1.69. The van der Waals surface area contributed by atoms with E-state index < -0.39 is 6.10 Å². The standard InChI is InChI=1S/C17H21N3O4/c1-12(24-11-15-3-2-10-23-15)17(22)18-13-4-6-14(7-5-13)20-9-8-16(21)19-20/h4-9,12,15H,2-3,10-11H2,1H3,(H,18,22)(H,19,21). The van der Waals surface area contributed by atoms with Gasteiger partial charge in [0.2, 0.25) is 0 Å². The summed E-state index contributed by atoms with van der Waals surface area (Å²) < 4.78 is 12.7. The average Bonchev–Trinajstić information content (AvgIpc) is 3.25. The van der Waals surface area contributed by atoms with Gasteiger partial charge in [-0.2, -0.15) is 0 Å². The number of nitrogens with one attached hydrogen (secondary N) is 2. The molecule has 3 rings (SSSR count). The molecule has 1 amide bonds. The van der Waals surface area contributed by atoms with Crippen molar-refractivity contribution in [3.63, 3.8) is 0 Å². The molecule has 2 aromatic rings. The van der Waals surface area contributed by atoms with Gasteiger partial charge in [-0.15, -0.1) is 0 Å². The van der Waals surface area contributed by atoms with Crippen LogP contribution in [0.2, 0.25) is 0 Å². The summed E-state index contributed by atoms with van der Waals surface area (Å²) in [6.07, 6.45) is 3.24. The molecule has 1 aromatic carbocycles. The minimum Gasteiger partial charge on any atom is -0.376 e. The van der Waals surface area contributed by atoms with Gasteiger partial charge in [-0.1, -0.05) is 0 Å². The molecule has 1 fully saturated rings. The van der Waals surface area contributed by atoms with E-state index in [4.69, 9.17) is 9.47 Å². The van der Waals surface area contributed by atoms with E-state index in [0.717, 1.165) is 25.1 Å². The van der Waals surface area contributed by atoms with E-state index in [1.165, 1.54) is 6.07 Å². The molecule has 1 aliphatic heterocycles. The zero-order valence-electron chi connectivity index (χ0n) is 13.5. The van der Waals surface area contributed by atoms with Gasteiger partial charge < -0.3 is 14.8 Å². The van der Waals surface area contributed by atoms with Crippen LogP contribution in [0.3, 0.4) is 0 Å². The number of amides is 1. The summed E-state index contributed by atoms with van der Waals surface area (Å²) >= 11 is 0. The molecule has 2 unspecified atom stereocenters. The highest BCUT2D eigenvalue weighted by Gasteiger charge is 2.19. The predicted molar refractivity (Wildman–Crippen MR) is 89.4 cm³/mol. The van der Waals surface area contributed by atoms with Gasteiger partial charge in [0.05, 0.1) is 18.4 Å². The van der Waals surface area contributed by atoms with Crippen LogP contribution in [0.25, 0.3) is 5.69 Å². The number of H-pyrrole nitrogens is 1. The number of ether oxygens (including phenoxy) is 2. The van der Waals surface area contributed by atoms with Crippen LogP contribution in [0.5, 0.6) is 0 Å². The molecule has 2 atom stereocenters. The van der Waals surface area contributed by atoms with Crippen LogP contribution in [0.4, 0.5) is 5.69 Å². The summed E-state index contributed by atoms with van der Waals surface area (Å²) in [5.74, 6) is -0.199. The molecule has 2 N–H and O–H groups in total. The molecule has 1 aliphatic rings. The van der Waals surface area contributed by atoms with Crippen LogP contribution in [0.1, 0.15) is 19.8 Å². The molecule has 1 saturated heterocycles. The van der Waals surface area contributed by atoms with E-state index in [9.17, 15) is 9.59 Å². The lowest BCUT2D eigenvalue weighted by molar-refractivity contribution is -0.128. The Morgan fingerprint density at radius 3 is 2.83 bits per heavy atom. The van der Waals surface area contributed by atoms with E-state index in [-0.39, 0.29) is 17.6 Å². The van der Waals surface area contributed by atoms with Crippen molar-refractivity contribution in [2.24, 2.45) is 0 Å². The molecular formula is C17H21N3O4. The van der Waals surface area contributed by atoms with E-state index in [1.54, 1.807) is 29.9 Å². The van der Waals surface area contributed by atoms with Crippen molar-refractivity contribution in [2.75, 3.05) is 18.5 Å². The molecule has 0 spiro atoms. The van der Waals surface area contributed by atoms with Gasteiger partial charge >= 0.3 is 0 Å². The third-order valence-corrected chi connectivity index (χ3v) is 3.94.